The molecule has 0 amide bonds. The van der Waals surface area contributed by atoms with Crippen molar-refractivity contribution < 1.29 is 13.2 Å². The maximum absolute atomic E-state index is 14.1. The zero-order valence-corrected chi connectivity index (χ0v) is 21.3. The van der Waals surface area contributed by atoms with Crippen molar-refractivity contribution in [1.82, 2.24) is 20.2 Å². The number of aromatic nitrogens is 2. The molecular formula is C26H29F3N6S. The molecule has 1 aromatic carbocycles. The van der Waals surface area contributed by atoms with Gasteiger partial charge >= 0.3 is 6.18 Å². The lowest BCUT2D eigenvalue weighted by Crippen LogP contribution is -2.25. The lowest BCUT2D eigenvalue weighted by atomic mass is 9.89. The Bertz CT molecular complexity index is 1330. The molecule has 4 N–H and O–H groups in total. The molecule has 0 bridgehead atoms. The van der Waals surface area contributed by atoms with Crippen LogP contribution in [0.5, 0.6) is 0 Å². The highest BCUT2D eigenvalue weighted by molar-refractivity contribution is 7.98. The number of nitrogens with zero attached hydrogens (tertiary/aromatic N) is 3. The number of thioether (sulfide) groups is 1. The molecular weight excluding hydrogens is 485 g/mol. The van der Waals surface area contributed by atoms with Crippen LogP contribution in [-0.2, 0) is 18.3 Å². The smallest absolute Gasteiger partial charge is 0.398 e. The van der Waals surface area contributed by atoms with E-state index >= 15 is 0 Å². The molecule has 0 aliphatic carbocycles. The van der Waals surface area contributed by atoms with Crippen molar-refractivity contribution in [2.24, 2.45) is 0 Å². The van der Waals surface area contributed by atoms with Crippen LogP contribution in [0, 0.1) is 5.41 Å². The maximum Gasteiger partial charge on any atom is 0.418 e. The Morgan fingerprint density at radius 3 is 2.64 bits per heavy atom. The van der Waals surface area contributed by atoms with Crippen LogP contribution in [0.4, 0.5) is 18.9 Å². The molecule has 4 rings (SSSR count). The van der Waals surface area contributed by atoms with Gasteiger partial charge in [0.15, 0.2) is 0 Å². The molecule has 0 unspecified atom stereocenters. The highest BCUT2D eigenvalue weighted by Crippen LogP contribution is 2.44. The van der Waals surface area contributed by atoms with Gasteiger partial charge in [-0.3, -0.25) is 4.98 Å². The summed E-state index contributed by atoms with van der Waals surface area (Å²) in [7, 11) is 3.97. The topological polar surface area (TPSA) is 90.9 Å². The van der Waals surface area contributed by atoms with Gasteiger partial charge in [0.2, 0.25) is 0 Å². The second-order valence-electron chi connectivity index (χ2n) is 9.10. The highest BCUT2D eigenvalue weighted by atomic mass is 32.2. The van der Waals surface area contributed by atoms with Crippen LogP contribution in [0.25, 0.3) is 27.9 Å². The Morgan fingerprint density at radius 1 is 1.28 bits per heavy atom. The number of hydrogen-bond donors (Lipinski definition) is 3. The molecule has 190 valence electrons. The number of aryl methyl sites for hydroxylation is 1. The number of pyridine rings is 2. The second-order valence-corrected chi connectivity index (χ2v) is 10.2. The number of anilines is 1. The lowest BCUT2D eigenvalue weighted by molar-refractivity contribution is -0.136. The standard InChI is InChI=1S/C26H29F3N6S/c1-14(30)22-20(31)11-19(26(27,28)29)25-23(22)17-7-10-36-13-18(17)24(34-25)16-5-6-21(33-12-16)15(2)32-8-9-35(3)4/h5-6,11-12,30,32H,2,7-10,13,31H2,1,3-4H3. The van der Waals surface area contributed by atoms with Gasteiger partial charge in [-0.1, -0.05) is 6.58 Å². The van der Waals surface area contributed by atoms with E-state index in [4.69, 9.17) is 11.1 Å². The normalized spacial score (nSPS) is 13.6. The first-order valence-electron chi connectivity index (χ1n) is 11.5. The Labute approximate surface area is 212 Å². The van der Waals surface area contributed by atoms with Gasteiger partial charge in [0.05, 0.1) is 28.2 Å². The molecule has 0 saturated carbocycles. The summed E-state index contributed by atoms with van der Waals surface area (Å²) >= 11 is 1.71. The molecule has 6 nitrogen and oxygen atoms in total. The van der Waals surface area contributed by atoms with Crippen molar-refractivity contribution in [3.05, 3.63) is 58.9 Å². The van der Waals surface area contributed by atoms with Gasteiger partial charge < -0.3 is 21.4 Å². The quantitative estimate of drug-likeness (QED) is 0.297. The van der Waals surface area contributed by atoms with Crippen LogP contribution in [-0.4, -0.2) is 53.5 Å². The average molecular weight is 515 g/mol. The van der Waals surface area contributed by atoms with E-state index in [9.17, 15) is 13.2 Å². The van der Waals surface area contributed by atoms with Crippen LogP contribution in [0.1, 0.15) is 34.9 Å². The maximum atomic E-state index is 14.1. The van der Waals surface area contributed by atoms with Gasteiger partial charge in [-0.25, -0.2) is 4.98 Å². The summed E-state index contributed by atoms with van der Waals surface area (Å²) in [6.45, 7) is 7.13. The molecule has 3 aromatic rings. The van der Waals surface area contributed by atoms with Crippen LogP contribution in [0.2, 0.25) is 0 Å². The van der Waals surface area contributed by atoms with Gasteiger partial charge in [-0.05, 0) is 62.5 Å². The van der Waals surface area contributed by atoms with Gasteiger partial charge in [0.1, 0.15) is 0 Å². The largest absolute Gasteiger partial charge is 0.418 e. The van der Waals surface area contributed by atoms with E-state index < -0.39 is 11.7 Å². The van der Waals surface area contributed by atoms with Crippen molar-refractivity contribution in [1.29, 1.82) is 5.41 Å². The molecule has 2 aromatic heterocycles. The molecule has 36 heavy (non-hydrogen) atoms. The number of alkyl halides is 3. The fraction of sp³-hybridized carbons (Fsp3) is 0.346. The first kappa shape index (κ1) is 26.0. The van der Waals surface area contributed by atoms with Crippen LogP contribution < -0.4 is 11.1 Å². The Morgan fingerprint density at radius 2 is 2.03 bits per heavy atom. The van der Waals surface area contributed by atoms with E-state index in [-0.39, 0.29) is 16.9 Å². The van der Waals surface area contributed by atoms with E-state index in [1.165, 1.54) is 0 Å². The van der Waals surface area contributed by atoms with Crippen molar-refractivity contribution in [2.75, 3.05) is 38.7 Å². The molecule has 3 heterocycles. The summed E-state index contributed by atoms with van der Waals surface area (Å²) < 4.78 is 42.3. The predicted molar refractivity (Wildman–Crippen MR) is 142 cm³/mol. The van der Waals surface area contributed by atoms with Crippen LogP contribution in [0.3, 0.4) is 0 Å². The van der Waals surface area contributed by atoms with Crippen molar-refractivity contribution in [3.8, 4) is 11.3 Å². The van der Waals surface area contributed by atoms with Gasteiger partial charge in [-0.2, -0.15) is 24.9 Å². The van der Waals surface area contributed by atoms with E-state index in [0.717, 1.165) is 29.5 Å². The number of hydrogen-bond acceptors (Lipinski definition) is 7. The molecule has 0 fully saturated rings. The SMILES string of the molecule is C=C(NCCN(C)C)c1ccc(-c2nc3c(C(F)(F)F)cc(N)c(C(C)=N)c3c3c2CSCC3)cn1. The summed E-state index contributed by atoms with van der Waals surface area (Å²) in [5.41, 5.74) is 9.52. The van der Waals surface area contributed by atoms with E-state index in [1.807, 2.05) is 20.2 Å². The van der Waals surface area contributed by atoms with Crippen LogP contribution >= 0.6 is 11.8 Å². The minimum absolute atomic E-state index is 0.0522. The Hall–Kier alpha value is -3.11. The molecule has 0 saturated heterocycles. The summed E-state index contributed by atoms with van der Waals surface area (Å²) in [6.07, 6.45) is -2.43. The van der Waals surface area contributed by atoms with Crippen molar-refractivity contribution >= 4 is 39.8 Å². The first-order chi connectivity index (χ1) is 17.0. The third-order valence-corrected chi connectivity index (χ3v) is 7.16. The number of benzene rings is 1. The highest BCUT2D eigenvalue weighted by Gasteiger charge is 2.36. The fourth-order valence-electron chi connectivity index (χ4n) is 4.45. The Balaban J connectivity index is 1.88. The molecule has 0 atom stereocenters. The molecule has 0 radical (unpaired) electrons. The average Bonchev–Trinajstić information content (AvgIpc) is 2.82. The molecule has 10 heteroatoms. The monoisotopic (exact) mass is 514 g/mol. The number of nitrogens with one attached hydrogen (secondary N) is 2. The number of nitrogen functional groups attached to an aromatic ring is 1. The number of likely N-dealkylation sites (N-methyl/N-ethyl adjacent to an activating group) is 1. The lowest BCUT2D eigenvalue weighted by Gasteiger charge is -2.25. The van der Waals surface area contributed by atoms with Crippen molar-refractivity contribution in [3.63, 3.8) is 0 Å². The summed E-state index contributed by atoms with van der Waals surface area (Å²) in [4.78, 5) is 11.2. The molecule has 0 spiro atoms. The zero-order valence-electron chi connectivity index (χ0n) is 20.5. The van der Waals surface area contributed by atoms with Gasteiger partial charge in [0.25, 0.3) is 0 Å². The van der Waals surface area contributed by atoms with E-state index in [2.05, 4.69) is 26.8 Å². The second kappa shape index (κ2) is 10.1. The fourth-order valence-corrected chi connectivity index (χ4v) is 5.46. The summed E-state index contributed by atoms with van der Waals surface area (Å²) in [6, 6.07) is 4.53. The summed E-state index contributed by atoms with van der Waals surface area (Å²) in [5.74, 6) is 1.38. The zero-order chi connectivity index (χ0) is 26.2. The third-order valence-electron chi connectivity index (χ3n) is 6.17. The van der Waals surface area contributed by atoms with E-state index in [0.29, 0.717) is 52.3 Å². The molecule has 1 aliphatic rings. The number of rotatable bonds is 7. The van der Waals surface area contributed by atoms with Gasteiger partial charge in [-0.15, -0.1) is 0 Å². The number of fused-ring (bicyclic) bond motifs is 3. The predicted octanol–water partition coefficient (Wildman–Crippen LogP) is 5.20. The van der Waals surface area contributed by atoms with E-state index in [1.54, 1.807) is 30.9 Å². The minimum Gasteiger partial charge on any atom is -0.398 e. The van der Waals surface area contributed by atoms with Gasteiger partial charge in [0, 0.05) is 53.0 Å². The van der Waals surface area contributed by atoms with Crippen molar-refractivity contribution in [2.45, 2.75) is 25.3 Å². The number of halogens is 3. The van der Waals surface area contributed by atoms with Crippen LogP contribution in [0.15, 0.2) is 31.0 Å². The number of nitrogens with two attached hydrogens (primary N) is 1. The third kappa shape index (κ3) is 5.05. The summed E-state index contributed by atoms with van der Waals surface area (Å²) in [5, 5.41) is 11.8. The minimum atomic E-state index is -4.64. The Kier molecular flexibility index (Phi) is 7.28. The molecule has 1 aliphatic heterocycles. The first-order valence-corrected chi connectivity index (χ1v) is 12.7.